The van der Waals surface area contributed by atoms with E-state index in [-0.39, 0.29) is 11.3 Å². The molecule has 1 unspecified atom stereocenters. The molecule has 3 N–H and O–H groups in total. The van der Waals surface area contributed by atoms with Gasteiger partial charge in [-0.3, -0.25) is 9.35 Å². The number of aromatic amines is 1. The van der Waals surface area contributed by atoms with Crippen LogP contribution < -0.4 is 0 Å². The Kier molecular flexibility index (Phi) is 3.90. The number of H-pyrrole nitrogens is 1. The lowest BCUT2D eigenvalue weighted by molar-refractivity contribution is -0.141. The number of rotatable bonds is 5. The third-order valence-corrected chi connectivity index (χ3v) is 4.82. The second-order valence-electron chi connectivity index (χ2n) is 5.57. The summed E-state index contributed by atoms with van der Waals surface area (Å²) < 4.78 is 32.6. The van der Waals surface area contributed by atoms with Crippen molar-refractivity contribution in [2.45, 2.75) is 5.41 Å². The molecule has 1 atom stereocenters. The molecule has 7 heteroatoms. The zero-order valence-corrected chi connectivity index (χ0v) is 13.3. The van der Waals surface area contributed by atoms with Crippen LogP contribution in [-0.2, 0) is 20.3 Å². The minimum atomic E-state index is -4.56. The number of nitrogens with one attached hydrogen (secondary N) is 1. The van der Waals surface area contributed by atoms with Crippen LogP contribution in [0.3, 0.4) is 0 Å². The lowest BCUT2D eigenvalue weighted by atomic mass is 9.79. The minimum absolute atomic E-state index is 0.194. The number of carboxylic acid groups (broad SMARTS) is 1. The molecule has 24 heavy (non-hydrogen) atoms. The lowest BCUT2D eigenvalue weighted by Crippen LogP contribution is -2.43. The third-order valence-electron chi connectivity index (χ3n) is 4.02. The molecule has 124 valence electrons. The van der Waals surface area contributed by atoms with Crippen LogP contribution in [0, 0.1) is 0 Å². The second kappa shape index (κ2) is 5.77. The van der Waals surface area contributed by atoms with Crippen molar-refractivity contribution in [2.24, 2.45) is 0 Å². The third kappa shape index (κ3) is 2.79. The Morgan fingerprint density at radius 2 is 1.67 bits per heavy atom. The highest BCUT2D eigenvalue weighted by Crippen LogP contribution is 2.35. The highest BCUT2D eigenvalue weighted by molar-refractivity contribution is 7.85. The van der Waals surface area contributed by atoms with E-state index in [4.69, 9.17) is 0 Å². The maximum atomic E-state index is 12.2. The number of fused-ring (bicyclic) bond motifs is 1. The first-order chi connectivity index (χ1) is 11.3. The van der Waals surface area contributed by atoms with E-state index in [0.29, 0.717) is 5.52 Å². The first kappa shape index (κ1) is 16.2. The molecule has 0 aliphatic heterocycles. The van der Waals surface area contributed by atoms with Crippen LogP contribution in [0.5, 0.6) is 0 Å². The van der Waals surface area contributed by atoms with E-state index < -0.39 is 27.3 Å². The SMILES string of the molecule is O=C(O)C(CS(=O)(=O)O)(c1ccccc1)c1cc2ccccc2[nH]1. The minimum Gasteiger partial charge on any atom is -0.480 e. The number of hydrogen-bond acceptors (Lipinski definition) is 3. The van der Waals surface area contributed by atoms with Crippen LogP contribution in [0.25, 0.3) is 10.9 Å². The Hall–Kier alpha value is -2.64. The summed E-state index contributed by atoms with van der Waals surface area (Å²) in [6.07, 6.45) is 0. The fourth-order valence-corrected chi connectivity index (χ4v) is 3.91. The fraction of sp³-hybridized carbons (Fsp3) is 0.118. The summed E-state index contributed by atoms with van der Waals surface area (Å²) in [5.41, 5.74) is -0.792. The quantitative estimate of drug-likeness (QED) is 0.616. The second-order valence-corrected chi connectivity index (χ2v) is 7.03. The van der Waals surface area contributed by atoms with Gasteiger partial charge in [0.05, 0.1) is 0 Å². The number of carboxylic acids is 1. The summed E-state index contributed by atoms with van der Waals surface area (Å²) in [4.78, 5) is 15.2. The Labute approximate surface area is 138 Å². The zero-order valence-electron chi connectivity index (χ0n) is 12.5. The monoisotopic (exact) mass is 345 g/mol. The maximum Gasteiger partial charge on any atom is 0.321 e. The van der Waals surface area contributed by atoms with Crippen molar-refractivity contribution < 1.29 is 22.9 Å². The van der Waals surface area contributed by atoms with E-state index in [1.807, 2.05) is 0 Å². The summed E-state index contributed by atoms with van der Waals surface area (Å²) in [6.45, 7) is 0. The molecular formula is C17H15NO5S. The van der Waals surface area contributed by atoms with Gasteiger partial charge in [-0.1, -0.05) is 48.5 Å². The largest absolute Gasteiger partial charge is 0.480 e. The number of para-hydroxylation sites is 1. The molecule has 3 aromatic rings. The van der Waals surface area contributed by atoms with Gasteiger partial charge in [-0.05, 0) is 23.1 Å². The highest BCUT2D eigenvalue weighted by Gasteiger charge is 2.47. The van der Waals surface area contributed by atoms with Crippen LogP contribution in [0.1, 0.15) is 11.3 Å². The normalized spacial score (nSPS) is 14.4. The van der Waals surface area contributed by atoms with Gasteiger partial charge in [-0.15, -0.1) is 0 Å². The summed E-state index contributed by atoms with van der Waals surface area (Å²) in [6, 6.07) is 16.8. The van der Waals surface area contributed by atoms with Crippen LogP contribution in [0.2, 0.25) is 0 Å². The summed E-state index contributed by atoms with van der Waals surface area (Å²) >= 11 is 0. The van der Waals surface area contributed by atoms with Crippen molar-refractivity contribution in [3.8, 4) is 0 Å². The molecule has 0 radical (unpaired) electrons. The van der Waals surface area contributed by atoms with E-state index in [9.17, 15) is 22.9 Å². The van der Waals surface area contributed by atoms with Crippen molar-refractivity contribution in [3.63, 3.8) is 0 Å². The number of aromatic nitrogens is 1. The van der Waals surface area contributed by atoms with E-state index in [1.54, 1.807) is 48.5 Å². The summed E-state index contributed by atoms with van der Waals surface area (Å²) in [7, 11) is -4.56. The molecule has 0 aliphatic rings. The van der Waals surface area contributed by atoms with Crippen molar-refractivity contribution in [3.05, 3.63) is 71.9 Å². The molecule has 0 fully saturated rings. The molecule has 2 aromatic carbocycles. The molecule has 3 rings (SSSR count). The van der Waals surface area contributed by atoms with Gasteiger partial charge in [0.1, 0.15) is 11.2 Å². The predicted molar refractivity (Wildman–Crippen MR) is 89.6 cm³/mol. The molecule has 0 bridgehead atoms. The van der Waals surface area contributed by atoms with E-state index in [1.165, 1.54) is 12.1 Å². The molecule has 1 heterocycles. The fourth-order valence-electron chi connectivity index (χ4n) is 2.92. The Morgan fingerprint density at radius 3 is 2.25 bits per heavy atom. The molecule has 0 spiro atoms. The van der Waals surface area contributed by atoms with E-state index in [2.05, 4.69) is 4.98 Å². The van der Waals surface area contributed by atoms with Crippen LogP contribution in [0.4, 0.5) is 0 Å². The average molecular weight is 345 g/mol. The van der Waals surface area contributed by atoms with Gasteiger partial charge in [-0.2, -0.15) is 8.42 Å². The van der Waals surface area contributed by atoms with Crippen molar-refractivity contribution >= 4 is 27.0 Å². The van der Waals surface area contributed by atoms with Gasteiger partial charge in [0.15, 0.2) is 0 Å². The Morgan fingerprint density at radius 1 is 1.04 bits per heavy atom. The van der Waals surface area contributed by atoms with Crippen molar-refractivity contribution in [2.75, 3.05) is 5.75 Å². The van der Waals surface area contributed by atoms with Crippen molar-refractivity contribution in [1.29, 1.82) is 0 Å². The summed E-state index contributed by atoms with van der Waals surface area (Å²) in [5, 5.41) is 10.7. The average Bonchev–Trinajstić information content (AvgIpc) is 2.96. The number of carbonyl (C=O) groups is 1. The highest BCUT2D eigenvalue weighted by atomic mass is 32.2. The van der Waals surface area contributed by atoms with Gasteiger partial charge in [-0.25, -0.2) is 0 Å². The van der Waals surface area contributed by atoms with E-state index >= 15 is 0 Å². The van der Waals surface area contributed by atoms with Crippen LogP contribution >= 0.6 is 0 Å². The van der Waals surface area contributed by atoms with Crippen molar-refractivity contribution in [1.82, 2.24) is 4.98 Å². The summed E-state index contributed by atoms with van der Waals surface area (Å²) in [5.74, 6) is -2.33. The smallest absolute Gasteiger partial charge is 0.321 e. The molecule has 6 nitrogen and oxygen atoms in total. The van der Waals surface area contributed by atoms with Gasteiger partial charge >= 0.3 is 5.97 Å². The van der Waals surface area contributed by atoms with Gasteiger partial charge < -0.3 is 10.1 Å². The molecule has 0 amide bonds. The maximum absolute atomic E-state index is 12.2. The topological polar surface area (TPSA) is 107 Å². The molecule has 0 saturated heterocycles. The predicted octanol–water partition coefficient (Wildman–Crippen LogP) is 2.43. The molecule has 1 aromatic heterocycles. The number of aliphatic carboxylic acids is 1. The number of hydrogen-bond donors (Lipinski definition) is 3. The number of benzene rings is 2. The van der Waals surface area contributed by atoms with E-state index in [0.717, 1.165) is 5.39 Å². The molecule has 0 aliphatic carbocycles. The lowest BCUT2D eigenvalue weighted by Gasteiger charge is -2.27. The Bertz CT molecular complexity index is 961. The Balaban J connectivity index is 2.33. The first-order valence-corrected chi connectivity index (χ1v) is 8.76. The zero-order chi connectivity index (χ0) is 17.4. The van der Waals surface area contributed by atoms with Crippen LogP contribution in [-0.4, -0.2) is 34.8 Å². The molecular weight excluding hydrogens is 330 g/mol. The van der Waals surface area contributed by atoms with Gasteiger partial charge in [0.2, 0.25) is 0 Å². The molecule has 0 saturated carbocycles. The van der Waals surface area contributed by atoms with Gasteiger partial charge in [0, 0.05) is 11.2 Å². The first-order valence-electron chi connectivity index (χ1n) is 7.15. The van der Waals surface area contributed by atoms with Gasteiger partial charge in [0.25, 0.3) is 10.1 Å². The standard InChI is InChI=1S/C17H15NO5S/c19-16(20)17(11-24(21,22)23,13-7-2-1-3-8-13)15-10-12-6-4-5-9-14(12)18-15/h1-10,18H,11H2,(H,19,20)(H,21,22,23). The van der Waals surface area contributed by atoms with Crippen LogP contribution in [0.15, 0.2) is 60.7 Å².